The van der Waals surface area contributed by atoms with Crippen molar-refractivity contribution in [2.75, 3.05) is 5.75 Å². The summed E-state index contributed by atoms with van der Waals surface area (Å²) in [5, 5.41) is 15.6. The third kappa shape index (κ3) is 6.15. The highest BCUT2D eigenvalue weighted by molar-refractivity contribution is 7.99. The second-order valence-electron chi connectivity index (χ2n) is 7.40. The Labute approximate surface area is 176 Å². The van der Waals surface area contributed by atoms with Crippen molar-refractivity contribution in [3.63, 3.8) is 0 Å². The summed E-state index contributed by atoms with van der Waals surface area (Å²) < 4.78 is 1.67. The summed E-state index contributed by atoms with van der Waals surface area (Å²) >= 11 is 1.34. The van der Waals surface area contributed by atoms with E-state index in [9.17, 15) is 4.79 Å². The third-order valence-corrected chi connectivity index (χ3v) is 5.61. The van der Waals surface area contributed by atoms with Gasteiger partial charge in [0.2, 0.25) is 11.1 Å². The number of amides is 1. The summed E-state index contributed by atoms with van der Waals surface area (Å²) in [4.78, 5) is 12.3. The van der Waals surface area contributed by atoms with Crippen LogP contribution in [0.25, 0.3) is 5.69 Å². The van der Waals surface area contributed by atoms with E-state index in [1.165, 1.54) is 22.9 Å². The van der Waals surface area contributed by atoms with Crippen molar-refractivity contribution in [1.82, 2.24) is 25.5 Å². The van der Waals surface area contributed by atoms with Gasteiger partial charge in [-0.2, -0.15) is 4.68 Å². The quantitative estimate of drug-likeness (QED) is 0.541. The number of aryl methyl sites for hydroxylation is 1. The van der Waals surface area contributed by atoms with Crippen molar-refractivity contribution in [2.45, 2.75) is 50.7 Å². The fraction of sp³-hybridized carbons (Fsp3) is 0.364. The van der Waals surface area contributed by atoms with E-state index in [1.807, 2.05) is 37.3 Å². The molecule has 0 aliphatic heterocycles. The van der Waals surface area contributed by atoms with Crippen LogP contribution in [0.2, 0.25) is 0 Å². The molecule has 2 aromatic carbocycles. The molecule has 0 radical (unpaired) electrons. The van der Waals surface area contributed by atoms with Gasteiger partial charge in [0.05, 0.1) is 11.4 Å². The van der Waals surface area contributed by atoms with Crippen LogP contribution in [0.4, 0.5) is 0 Å². The molecule has 1 amide bonds. The Morgan fingerprint density at radius 2 is 1.79 bits per heavy atom. The van der Waals surface area contributed by atoms with E-state index < -0.39 is 0 Å². The lowest BCUT2D eigenvalue weighted by Gasteiger charge is -2.13. The number of rotatable bonds is 9. The maximum atomic E-state index is 12.3. The second kappa shape index (κ2) is 10.2. The van der Waals surface area contributed by atoms with Crippen molar-refractivity contribution >= 4 is 17.7 Å². The lowest BCUT2D eigenvalue weighted by Crippen LogP contribution is -2.34. The molecule has 0 bridgehead atoms. The molecule has 1 N–H and O–H groups in total. The highest BCUT2D eigenvalue weighted by atomic mass is 32.2. The molecule has 7 heteroatoms. The van der Waals surface area contributed by atoms with Crippen LogP contribution in [0, 0.1) is 0 Å². The fourth-order valence-electron chi connectivity index (χ4n) is 2.98. The molecular formula is C22H27N5OS. The van der Waals surface area contributed by atoms with E-state index in [0.29, 0.717) is 11.1 Å². The molecule has 0 spiro atoms. The first-order valence-electron chi connectivity index (χ1n) is 9.87. The van der Waals surface area contributed by atoms with Crippen LogP contribution in [0.5, 0.6) is 0 Å². The van der Waals surface area contributed by atoms with E-state index in [-0.39, 0.29) is 17.7 Å². The Kier molecular flexibility index (Phi) is 7.41. The first kappa shape index (κ1) is 21.0. The average molecular weight is 410 g/mol. The van der Waals surface area contributed by atoms with Crippen LogP contribution >= 0.6 is 11.8 Å². The van der Waals surface area contributed by atoms with Crippen LogP contribution in [0.3, 0.4) is 0 Å². The zero-order chi connectivity index (χ0) is 20.6. The zero-order valence-electron chi connectivity index (χ0n) is 17.1. The smallest absolute Gasteiger partial charge is 0.230 e. The number of hydrogen-bond acceptors (Lipinski definition) is 5. The number of nitrogens with one attached hydrogen (secondary N) is 1. The highest BCUT2D eigenvalue weighted by Crippen LogP contribution is 2.20. The maximum absolute atomic E-state index is 12.3. The van der Waals surface area contributed by atoms with Crippen molar-refractivity contribution < 1.29 is 4.79 Å². The van der Waals surface area contributed by atoms with Gasteiger partial charge in [-0.1, -0.05) is 68.1 Å². The van der Waals surface area contributed by atoms with Gasteiger partial charge in [0, 0.05) is 6.04 Å². The monoisotopic (exact) mass is 409 g/mol. The highest BCUT2D eigenvalue weighted by Gasteiger charge is 2.13. The Bertz CT molecular complexity index is 908. The standard InChI is InChI=1S/C22H27N5OS/c1-16(2)19-11-13-20(14-12-19)27-22(24-25-26-27)29-15-21(28)23-17(3)9-10-18-7-5-4-6-8-18/h4-8,11-14,16-17H,9-10,15H2,1-3H3,(H,23,28)/t17-/m1/s1. The average Bonchev–Trinajstić information content (AvgIpc) is 3.20. The molecule has 152 valence electrons. The number of carbonyl (C=O) groups is 1. The number of benzene rings is 2. The summed E-state index contributed by atoms with van der Waals surface area (Å²) in [5.41, 5.74) is 3.43. The van der Waals surface area contributed by atoms with Gasteiger partial charge < -0.3 is 5.32 Å². The minimum Gasteiger partial charge on any atom is -0.353 e. The summed E-state index contributed by atoms with van der Waals surface area (Å²) in [7, 11) is 0. The minimum absolute atomic E-state index is 0.0136. The van der Waals surface area contributed by atoms with E-state index in [4.69, 9.17) is 0 Å². The maximum Gasteiger partial charge on any atom is 0.230 e. The molecule has 1 atom stereocenters. The summed E-state index contributed by atoms with van der Waals surface area (Å²) in [6, 6.07) is 18.6. The number of thioether (sulfide) groups is 1. The van der Waals surface area contributed by atoms with Crippen molar-refractivity contribution in [1.29, 1.82) is 0 Å². The summed E-state index contributed by atoms with van der Waals surface area (Å²) in [5.74, 6) is 0.736. The molecule has 0 aliphatic rings. The predicted octanol–water partition coefficient (Wildman–Crippen LogP) is 4.02. The van der Waals surface area contributed by atoms with Gasteiger partial charge in [-0.3, -0.25) is 4.79 Å². The molecule has 0 saturated heterocycles. The van der Waals surface area contributed by atoms with E-state index >= 15 is 0 Å². The minimum atomic E-state index is -0.0136. The summed E-state index contributed by atoms with van der Waals surface area (Å²) in [6.07, 6.45) is 1.85. The van der Waals surface area contributed by atoms with Crippen LogP contribution in [0.1, 0.15) is 44.2 Å². The Morgan fingerprint density at radius 1 is 1.07 bits per heavy atom. The normalized spacial score (nSPS) is 12.1. The second-order valence-corrected chi connectivity index (χ2v) is 8.34. The van der Waals surface area contributed by atoms with Gasteiger partial charge in [0.25, 0.3) is 0 Å². The predicted molar refractivity (Wildman–Crippen MR) is 116 cm³/mol. The molecule has 3 rings (SSSR count). The number of nitrogens with zero attached hydrogens (tertiary/aromatic N) is 4. The Morgan fingerprint density at radius 3 is 2.48 bits per heavy atom. The number of hydrogen-bond donors (Lipinski definition) is 1. The molecule has 1 heterocycles. The molecule has 0 saturated carbocycles. The van der Waals surface area contributed by atoms with E-state index in [2.05, 4.69) is 59.0 Å². The zero-order valence-corrected chi connectivity index (χ0v) is 17.9. The molecular weight excluding hydrogens is 382 g/mol. The van der Waals surface area contributed by atoms with Crippen LogP contribution in [-0.4, -0.2) is 37.9 Å². The van der Waals surface area contributed by atoms with Gasteiger partial charge in [0.1, 0.15) is 0 Å². The van der Waals surface area contributed by atoms with Gasteiger partial charge in [-0.15, -0.1) is 5.10 Å². The molecule has 3 aromatic rings. The lowest BCUT2D eigenvalue weighted by atomic mass is 10.0. The van der Waals surface area contributed by atoms with Gasteiger partial charge >= 0.3 is 0 Å². The molecule has 0 fully saturated rings. The van der Waals surface area contributed by atoms with Crippen LogP contribution in [-0.2, 0) is 11.2 Å². The number of tetrazole rings is 1. The van der Waals surface area contributed by atoms with Crippen molar-refractivity contribution in [3.05, 3.63) is 65.7 Å². The first-order chi connectivity index (χ1) is 14.0. The molecule has 0 aliphatic carbocycles. The summed E-state index contributed by atoms with van der Waals surface area (Å²) in [6.45, 7) is 6.35. The SMILES string of the molecule is CC(C)c1ccc(-n2nnnc2SCC(=O)N[C@H](C)CCc2ccccc2)cc1. The third-order valence-electron chi connectivity index (χ3n) is 4.69. The first-order valence-corrected chi connectivity index (χ1v) is 10.9. The lowest BCUT2D eigenvalue weighted by molar-refractivity contribution is -0.119. The number of aromatic nitrogens is 4. The Hall–Kier alpha value is -2.67. The fourth-order valence-corrected chi connectivity index (χ4v) is 3.68. The largest absolute Gasteiger partial charge is 0.353 e. The molecule has 29 heavy (non-hydrogen) atoms. The molecule has 1 aromatic heterocycles. The van der Waals surface area contributed by atoms with Crippen molar-refractivity contribution in [2.24, 2.45) is 0 Å². The van der Waals surface area contributed by atoms with Gasteiger partial charge in [-0.05, 0) is 59.4 Å². The van der Waals surface area contributed by atoms with Crippen LogP contribution in [0.15, 0.2) is 59.8 Å². The van der Waals surface area contributed by atoms with E-state index in [1.54, 1.807) is 4.68 Å². The number of carbonyl (C=O) groups excluding carboxylic acids is 1. The van der Waals surface area contributed by atoms with Crippen LogP contribution < -0.4 is 5.32 Å². The topological polar surface area (TPSA) is 72.7 Å². The van der Waals surface area contributed by atoms with Crippen molar-refractivity contribution in [3.8, 4) is 5.69 Å². The molecule has 0 unspecified atom stereocenters. The molecule has 6 nitrogen and oxygen atoms in total. The van der Waals surface area contributed by atoms with Gasteiger partial charge in [-0.25, -0.2) is 0 Å². The van der Waals surface area contributed by atoms with Gasteiger partial charge in [0.15, 0.2) is 0 Å². The Balaban J connectivity index is 1.50. The van der Waals surface area contributed by atoms with E-state index in [0.717, 1.165) is 18.5 Å².